The van der Waals surface area contributed by atoms with Gasteiger partial charge in [-0.3, -0.25) is 4.79 Å². The van der Waals surface area contributed by atoms with Gasteiger partial charge in [0, 0.05) is 0 Å². The molecule has 110 valence electrons. The highest BCUT2D eigenvalue weighted by Gasteiger charge is 2.24. The number of ether oxygens (including phenoxy) is 1. The number of hydrogen-bond acceptors (Lipinski definition) is 4. The first kappa shape index (κ1) is 15.3. The predicted octanol–water partition coefficient (Wildman–Crippen LogP) is 2.50. The van der Waals surface area contributed by atoms with Crippen molar-refractivity contribution in [3.63, 3.8) is 0 Å². The molecular weight excluding hydrogens is 288 g/mol. The van der Waals surface area contributed by atoms with Crippen LogP contribution in [-0.2, 0) is 14.6 Å². The van der Waals surface area contributed by atoms with Gasteiger partial charge < -0.3 is 4.74 Å². The first-order chi connectivity index (χ1) is 9.99. The summed E-state index contributed by atoms with van der Waals surface area (Å²) in [6, 6.07) is 16.8. The second-order valence-electron chi connectivity index (χ2n) is 4.61. The maximum Gasteiger partial charge on any atom is 0.188 e. The lowest BCUT2D eigenvalue weighted by Gasteiger charge is -2.13. The fraction of sp³-hybridized carbons (Fsp3) is 0.188. The fourth-order valence-electron chi connectivity index (χ4n) is 1.78. The van der Waals surface area contributed by atoms with Crippen LogP contribution in [-0.4, -0.2) is 26.1 Å². The van der Waals surface area contributed by atoms with Crippen LogP contribution in [0.3, 0.4) is 0 Å². The summed E-state index contributed by atoms with van der Waals surface area (Å²) in [7, 11) is -3.63. The van der Waals surface area contributed by atoms with Crippen LogP contribution in [0.2, 0.25) is 0 Å². The Bertz CT molecular complexity index is 694. The molecule has 0 radical (unpaired) electrons. The number of hydrogen-bond donors (Lipinski definition) is 0. The van der Waals surface area contributed by atoms with Crippen LogP contribution in [0.4, 0.5) is 0 Å². The summed E-state index contributed by atoms with van der Waals surface area (Å²) < 4.78 is 29.7. The third-order valence-corrected chi connectivity index (χ3v) is 4.60. The molecular formula is C16H16O4S. The topological polar surface area (TPSA) is 60.4 Å². The molecule has 0 saturated heterocycles. The highest BCUT2D eigenvalue weighted by atomic mass is 32.2. The summed E-state index contributed by atoms with van der Waals surface area (Å²) in [5.41, 5.74) is 0. The molecule has 0 aliphatic carbocycles. The predicted molar refractivity (Wildman–Crippen MR) is 80.0 cm³/mol. The molecule has 5 heteroatoms. The number of carbonyl (C=O) groups excluding carboxylic acids is 1. The van der Waals surface area contributed by atoms with Gasteiger partial charge in [-0.25, -0.2) is 8.42 Å². The first-order valence-electron chi connectivity index (χ1n) is 6.51. The zero-order chi connectivity index (χ0) is 15.3. The molecule has 0 N–H and O–H groups in total. The molecule has 2 rings (SSSR count). The second kappa shape index (κ2) is 6.54. The van der Waals surface area contributed by atoms with Crippen molar-refractivity contribution in [3.8, 4) is 5.75 Å². The lowest BCUT2D eigenvalue weighted by atomic mass is 10.3. The Morgan fingerprint density at radius 3 is 2.10 bits per heavy atom. The van der Waals surface area contributed by atoms with Crippen LogP contribution < -0.4 is 4.74 Å². The summed E-state index contributed by atoms with van der Waals surface area (Å²) in [6.07, 6.45) is -0.814. The van der Waals surface area contributed by atoms with Gasteiger partial charge in [0.1, 0.15) is 11.5 Å². The summed E-state index contributed by atoms with van der Waals surface area (Å²) in [5, 5.41) is 0. The molecule has 1 unspecified atom stereocenters. The molecule has 0 amide bonds. The molecule has 21 heavy (non-hydrogen) atoms. The maximum absolute atomic E-state index is 12.1. The van der Waals surface area contributed by atoms with Gasteiger partial charge in [-0.05, 0) is 31.2 Å². The third kappa shape index (κ3) is 4.16. The molecule has 4 nitrogen and oxygen atoms in total. The van der Waals surface area contributed by atoms with E-state index in [2.05, 4.69) is 0 Å². The minimum atomic E-state index is -3.63. The van der Waals surface area contributed by atoms with Crippen LogP contribution in [0, 0.1) is 0 Å². The van der Waals surface area contributed by atoms with Crippen molar-refractivity contribution in [2.24, 2.45) is 0 Å². The molecule has 2 aromatic carbocycles. The van der Waals surface area contributed by atoms with Crippen molar-refractivity contribution >= 4 is 15.6 Å². The molecule has 0 aromatic heterocycles. The van der Waals surface area contributed by atoms with Crippen molar-refractivity contribution in [1.82, 2.24) is 0 Å². The van der Waals surface area contributed by atoms with Gasteiger partial charge in [0.2, 0.25) is 0 Å². The van der Waals surface area contributed by atoms with Crippen molar-refractivity contribution < 1.29 is 17.9 Å². The van der Waals surface area contributed by atoms with Gasteiger partial charge in [-0.2, -0.15) is 0 Å². The smallest absolute Gasteiger partial charge is 0.188 e. The molecule has 0 aliphatic heterocycles. The molecule has 0 bridgehead atoms. The maximum atomic E-state index is 12.1. The van der Waals surface area contributed by atoms with E-state index in [4.69, 9.17) is 4.74 Å². The van der Waals surface area contributed by atoms with Crippen LogP contribution in [0.1, 0.15) is 6.92 Å². The van der Waals surface area contributed by atoms with E-state index in [9.17, 15) is 13.2 Å². The SMILES string of the molecule is CC(Oc1ccccc1)C(=O)CS(=O)(=O)c1ccccc1. The Morgan fingerprint density at radius 1 is 1.00 bits per heavy atom. The van der Waals surface area contributed by atoms with E-state index < -0.39 is 27.5 Å². The normalized spacial score (nSPS) is 12.6. The second-order valence-corrected chi connectivity index (χ2v) is 6.60. The number of ketones is 1. The zero-order valence-corrected chi connectivity index (χ0v) is 12.4. The van der Waals surface area contributed by atoms with E-state index in [1.54, 1.807) is 49.4 Å². The molecule has 0 aliphatic rings. The van der Waals surface area contributed by atoms with Gasteiger partial charge in [-0.1, -0.05) is 36.4 Å². The average Bonchev–Trinajstić information content (AvgIpc) is 2.48. The first-order valence-corrected chi connectivity index (χ1v) is 8.16. The van der Waals surface area contributed by atoms with E-state index in [-0.39, 0.29) is 4.90 Å². The number of carbonyl (C=O) groups is 1. The molecule has 0 saturated carbocycles. The van der Waals surface area contributed by atoms with Gasteiger partial charge in [0.15, 0.2) is 21.7 Å². The number of benzene rings is 2. The Morgan fingerprint density at radius 2 is 1.52 bits per heavy atom. The molecule has 0 fully saturated rings. The lowest BCUT2D eigenvalue weighted by Crippen LogP contribution is -2.30. The molecule has 0 spiro atoms. The van der Waals surface area contributed by atoms with Gasteiger partial charge >= 0.3 is 0 Å². The minimum absolute atomic E-state index is 0.144. The Kier molecular flexibility index (Phi) is 4.75. The lowest BCUT2D eigenvalue weighted by molar-refractivity contribution is -0.122. The zero-order valence-electron chi connectivity index (χ0n) is 11.6. The summed E-state index contributed by atoms with van der Waals surface area (Å²) in [4.78, 5) is 12.2. The Hall–Kier alpha value is -2.14. The molecule has 0 heterocycles. The van der Waals surface area contributed by atoms with Gasteiger partial charge in [0.05, 0.1) is 4.90 Å². The van der Waals surface area contributed by atoms with Crippen molar-refractivity contribution in [2.75, 3.05) is 5.75 Å². The van der Waals surface area contributed by atoms with Crippen LogP contribution in [0.25, 0.3) is 0 Å². The van der Waals surface area contributed by atoms with E-state index >= 15 is 0 Å². The Balaban J connectivity index is 2.04. The number of Topliss-reactive ketones (excluding diaryl/α,β-unsaturated/α-hetero) is 1. The minimum Gasteiger partial charge on any atom is -0.483 e. The summed E-state index contributed by atoms with van der Waals surface area (Å²) >= 11 is 0. The van der Waals surface area contributed by atoms with Crippen molar-refractivity contribution in [2.45, 2.75) is 17.9 Å². The third-order valence-electron chi connectivity index (χ3n) is 2.94. The average molecular weight is 304 g/mol. The quantitative estimate of drug-likeness (QED) is 0.822. The van der Waals surface area contributed by atoms with Crippen LogP contribution >= 0.6 is 0 Å². The van der Waals surface area contributed by atoms with Gasteiger partial charge in [0.25, 0.3) is 0 Å². The van der Waals surface area contributed by atoms with E-state index in [0.29, 0.717) is 5.75 Å². The van der Waals surface area contributed by atoms with E-state index in [0.717, 1.165) is 0 Å². The van der Waals surface area contributed by atoms with E-state index in [1.165, 1.54) is 12.1 Å². The van der Waals surface area contributed by atoms with Gasteiger partial charge in [-0.15, -0.1) is 0 Å². The number of sulfone groups is 1. The summed E-state index contributed by atoms with van der Waals surface area (Å²) in [5.74, 6) is -0.497. The largest absolute Gasteiger partial charge is 0.483 e. The number of rotatable bonds is 6. The Labute approximate surface area is 124 Å². The van der Waals surface area contributed by atoms with Crippen molar-refractivity contribution in [1.29, 1.82) is 0 Å². The standard InChI is InChI=1S/C16H16O4S/c1-13(20-14-8-4-2-5-9-14)16(17)12-21(18,19)15-10-6-3-7-11-15/h2-11,13H,12H2,1H3. The fourth-order valence-corrected chi connectivity index (χ4v) is 3.13. The molecule has 2 aromatic rings. The molecule has 1 atom stereocenters. The van der Waals surface area contributed by atoms with Crippen LogP contribution in [0.5, 0.6) is 5.75 Å². The monoisotopic (exact) mass is 304 g/mol. The van der Waals surface area contributed by atoms with Crippen LogP contribution in [0.15, 0.2) is 65.6 Å². The number of para-hydroxylation sites is 1. The van der Waals surface area contributed by atoms with Crippen molar-refractivity contribution in [3.05, 3.63) is 60.7 Å². The highest BCUT2D eigenvalue weighted by Crippen LogP contribution is 2.14. The highest BCUT2D eigenvalue weighted by molar-refractivity contribution is 7.92. The summed E-state index contributed by atoms with van der Waals surface area (Å²) in [6.45, 7) is 1.55. The van der Waals surface area contributed by atoms with E-state index in [1.807, 2.05) is 6.07 Å².